The smallest absolute Gasteiger partial charge is 0.226 e. The molecule has 1 aromatic carbocycles. The topological polar surface area (TPSA) is 93.3 Å². The number of nitriles is 1. The monoisotopic (exact) mass is 400 g/mol. The molecule has 144 valence electrons. The van der Waals surface area contributed by atoms with E-state index < -0.39 is 11.9 Å². The summed E-state index contributed by atoms with van der Waals surface area (Å²) in [7, 11) is 0. The second-order valence-corrected chi connectivity index (χ2v) is 7.71. The molecular formula is C20H18ClFN4O2. The minimum Gasteiger partial charge on any atom is -0.628 e. The van der Waals surface area contributed by atoms with Crippen LogP contribution in [0.4, 0.5) is 15.9 Å². The number of para-hydroxylation sites is 1. The van der Waals surface area contributed by atoms with Gasteiger partial charge < -0.3 is 15.6 Å². The maximum atomic E-state index is 14.3. The quantitative estimate of drug-likeness (QED) is 0.574. The van der Waals surface area contributed by atoms with Gasteiger partial charge in [-0.25, -0.2) is 9.37 Å². The molecule has 0 spiro atoms. The molecule has 0 amide bonds. The number of pyridine rings is 1. The van der Waals surface area contributed by atoms with Crippen molar-refractivity contribution in [2.75, 3.05) is 5.32 Å². The van der Waals surface area contributed by atoms with Crippen molar-refractivity contribution >= 4 is 28.9 Å². The molecule has 2 aromatic rings. The zero-order valence-corrected chi connectivity index (χ0v) is 15.7. The van der Waals surface area contributed by atoms with Gasteiger partial charge in [0.05, 0.1) is 11.1 Å². The van der Waals surface area contributed by atoms with Gasteiger partial charge in [-0.15, -0.1) is 0 Å². The van der Waals surface area contributed by atoms with Crippen LogP contribution in [0.3, 0.4) is 0 Å². The van der Waals surface area contributed by atoms with Gasteiger partial charge >= 0.3 is 0 Å². The van der Waals surface area contributed by atoms with Crippen LogP contribution in [-0.4, -0.2) is 22.9 Å². The number of quaternary nitrogens is 1. The third-order valence-corrected chi connectivity index (χ3v) is 5.60. The van der Waals surface area contributed by atoms with E-state index in [0.717, 1.165) is 18.9 Å². The Morgan fingerprint density at radius 3 is 2.82 bits per heavy atom. The molecule has 1 saturated carbocycles. The van der Waals surface area contributed by atoms with Crippen molar-refractivity contribution in [3.63, 3.8) is 0 Å². The average molecular weight is 401 g/mol. The Labute approximate surface area is 166 Å². The van der Waals surface area contributed by atoms with Crippen molar-refractivity contribution in [2.45, 2.75) is 37.8 Å². The second kappa shape index (κ2) is 7.47. The fraction of sp³-hybridized carbons (Fsp3) is 0.350. The molecule has 2 N–H and O–H groups in total. The van der Waals surface area contributed by atoms with Crippen LogP contribution in [0, 0.1) is 28.3 Å². The molecule has 2 aliphatic rings. The standard InChI is InChI=1S/C20H18ClFN4O2/c21-19-12(10-23)8-15(22)20(25-19)24-13(7-11-5-6-11)9-17-18(27)14-3-1-2-4-16(14)26(17)28/h1-4,8,11,13,17,26H,5-7,9H2,(H,24,25). The first kappa shape index (κ1) is 18.8. The number of carbonyl (C=O) groups is 1. The second-order valence-electron chi connectivity index (χ2n) is 7.35. The Hall–Kier alpha value is -2.53. The average Bonchev–Trinajstić information content (AvgIpc) is 3.47. The lowest BCUT2D eigenvalue weighted by Gasteiger charge is -2.28. The molecule has 1 aromatic heterocycles. The van der Waals surface area contributed by atoms with Crippen LogP contribution in [0.2, 0.25) is 5.15 Å². The molecule has 4 rings (SSSR count). The van der Waals surface area contributed by atoms with Gasteiger partial charge in [0.25, 0.3) is 0 Å². The molecular weight excluding hydrogens is 383 g/mol. The number of hydroxylamine groups is 1. The molecule has 28 heavy (non-hydrogen) atoms. The Bertz CT molecular complexity index is 973. The highest BCUT2D eigenvalue weighted by Gasteiger charge is 2.40. The SMILES string of the molecule is N#Cc1cc(F)c(NC(CC2CC2)CC2C(=O)c3ccccc3[NH+]2[O-])nc1Cl. The summed E-state index contributed by atoms with van der Waals surface area (Å²) in [5, 5.41) is 24.4. The number of ketones is 1. The predicted octanol–water partition coefficient (Wildman–Crippen LogP) is 3.00. The number of carbonyl (C=O) groups excluding carboxylic acids is 1. The summed E-state index contributed by atoms with van der Waals surface area (Å²) in [5.41, 5.74) is 0.863. The first-order valence-corrected chi connectivity index (χ1v) is 9.56. The first-order chi connectivity index (χ1) is 13.5. The molecule has 3 unspecified atom stereocenters. The normalized spacial score (nSPS) is 21.9. The molecule has 3 atom stereocenters. The van der Waals surface area contributed by atoms with Crippen LogP contribution < -0.4 is 10.4 Å². The Kier molecular flexibility index (Phi) is 5.02. The van der Waals surface area contributed by atoms with E-state index in [1.54, 1.807) is 30.3 Å². The van der Waals surface area contributed by atoms with E-state index in [1.165, 1.54) is 0 Å². The molecule has 1 aliphatic carbocycles. The highest BCUT2D eigenvalue weighted by molar-refractivity contribution is 6.30. The van der Waals surface area contributed by atoms with Gasteiger partial charge in [0.2, 0.25) is 5.78 Å². The number of hydrogen-bond donors (Lipinski definition) is 2. The van der Waals surface area contributed by atoms with Gasteiger partial charge in [-0.3, -0.25) is 4.79 Å². The number of Topliss-reactive ketones (excluding diaryl/α,β-unsaturated/α-hetero) is 1. The van der Waals surface area contributed by atoms with Gasteiger partial charge in [-0.1, -0.05) is 36.6 Å². The summed E-state index contributed by atoms with van der Waals surface area (Å²) < 4.78 is 14.3. The van der Waals surface area contributed by atoms with Crippen molar-refractivity contribution in [1.29, 1.82) is 5.26 Å². The summed E-state index contributed by atoms with van der Waals surface area (Å²) >= 11 is 5.93. The summed E-state index contributed by atoms with van der Waals surface area (Å²) in [6.45, 7) is 0. The molecule has 0 saturated heterocycles. The maximum Gasteiger partial charge on any atom is 0.226 e. The lowest BCUT2D eigenvalue weighted by molar-refractivity contribution is -0.790. The lowest BCUT2D eigenvalue weighted by Crippen LogP contribution is -3.05. The van der Waals surface area contributed by atoms with Gasteiger partial charge in [0, 0.05) is 18.5 Å². The van der Waals surface area contributed by atoms with E-state index in [-0.39, 0.29) is 39.8 Å². The highest BCUT2D eigenvalue weighted by atomic mass is 35.5. The summed E-state index contributed by atoms with van der Waals surface area (Å²) in [6, 6.07) is 8.57. The number of aromatic nitrogens is 1. The molecule has 2 heterocycles. The zero-order valence-electron chi connectivity index (χ0n) is 14.9. The van der Waals surface area contributed by atoms with E-state index in [9.17, 15) is 14.4 Å². The van der Waals surface area contributed by atoms with Gasteiger partial charge in [-0.05, 0) is 24.5 Å². The fourth-order valence-corrected chi connectivity index (χ4v) is 3.90. The highest BCUT2D eigenvalue weighted by Crippen LogP contribution is 2.36. The maximum absolute atomic E-state index is 14.3. The zero-order chi connectivity index (χ0) is 19.8. The van der Waals surface area contributed by atoms with Gasteiger partial charge in [-0.2, -0.15) is 5.26 Å². The van der Waals surface area contributed by atoms with Crippen molar-refractivity contribution in [3.05, 3.63) is 57.6 Å². The molecule has 0 radical (unpaired) electrons. The number of fused-ring (bicyclic) bond motifs is 1. The van der Waals surface area contributed by atoms with E-state index in [1.807, 2.05) is 0 Å². The number of nitrogens with one attached hydrogen (secondary N) is 2. The number of rotatable bonds is 6. The molecule has 1 aliphatic heterocycles. The van der Waals surface area contributed by atoms with Crippen LogP contribution in [-0.2, 0) is 0 Å². The number of anilines is 1. The van der Waals surface area contributed by atoms with E-state index in [2.05, 4.69) is 10.3 Å². The van der Waals surface area contributed by atoms with E-state index in [0.29, 0.717) is 23.6 Å². The van der Waals surface area contributed by atoms with E-state index in [4.69, 9.17) is 16.9 Å². The van der Waals surface area contributed by atoms with Crippen molar-refractivity contribution in [2.24, 2.45) is 5.92 Å². The minimum absolute atomic E-state index is 0.0416. The predicted molar refractivity (Wildman–Crippen MR) is 102 cm³/mol. The Morgan fingerprint density at radius 2 is 2.14 bits per heavy atom. The summed E-state index contributed by atoms with van der Waals surface area (Å²) in [6.07, 6.45) is 3.14. The summed E-state index contributed by atoms with van der Waals surface area (Å²) in [4.78, 5) is 16.7. The fourth-order valence-electron chi connectivity index (χ4n) is 3.72. The number of benzene rings is 1. The Balaban J connectivity index is 1.56. The van der Waals surface area contributed by atoms with E-state index >= 15 is 0 Å². The lowest BCUT2D eigenvalue weighted by atomic mass is 9.98. The largest absolute Gasteiger partial charge is 0.628 e. The van der Waals surface area contributed by atoms with Crippen LogP contribution in [0.25, 0.3) is 0 Å². The first-order valence-electron chi connectivity index (χ1n) is 9.18. The number of nitrogens with zero attached hydrogens (tertiary/aromatic N) is 2. The Morgan fingerprint density at radius 1 is 1.39 bits per heavy atom. The van der Waals surface area contributed by atoms with Crippen molar-refractivity contribution in [3.8, 4) is 6.07 Å². The third kappa shape index (κ3) is 3.59. The van der Waals surface area contributed by atoms with Gasteiger partial charge in [0.15, 0.2) is 17.7 Å². The summed E-state index contributed by atoms with van der Waals surface area (Å²) in [5.74, 6) is -0.447. The van der Waals surface area contributed by atoms with Gasteiger partial charge in [0.1, 0.15) is 16.9 Å². The van der Waals surface area contributed by atoms with Crippen LogP contribution >= 0.6 is 11.6 Å². The molecule has 0 bridgehead atoms. The number of halogens is 2. The van der Waals surface area contributed by atoms with Crippen molar-refractivity contribution in [1.82, 2.24) is 4.98 Å². The molecule has 1 fully saturated rings. The van der Waals surface area contributed by atoms with Crippen LogP contribution in [0.5, 0.6) is 0 Å². The van der Waals surface area contributed by atoms with Crippen molar-refractivity contribution < 1.29 is 14.2 Å². The van der Waals surface area contributed by atoms with Crippen LogP contribution in [0.1, 0.15) is 41.6 Å². The minimum atomic E-state index is -0.773. The molecule has 8 heteroatoms. The third-order valence-electron chi connectivity index (χ3n) is 5.32. The molecule has 6 nitrogen and oxygen atoms in total. The van der Waals surface area contributed by atoms with Crippen LogP contribution in [0.15, 0.2) is 30.3 Å². The number of hydrogen-bond acceptors (Lipinski definition) is 5.